The van der Waals surface area contributed by atoms with Crippen molar-refractivity contribution in [2.24, 2.45) is 10.2 Å². The summed E-state index contributed by atoms with van der Waals surface area (Å²) in [5.74, 6) is -2.13. The molecule has 2 aromatic carbocycles. The molecule has 0 aliphatic carbocycles. The third-order valence-corrected chi connectivity index (χ3v) is 3.10. The maximum atomic E-state index is 11.7. The Hall–Kier alpha value is -3.22. The average Bonchev–Trinajstić information content (AvgIpc) is 2.55. The minimum absolute atomic E-state index is 0.243. The predicted octanol–water partition coefficient (Wildman–Crippen LogP) is 3.60. The van der Waals surface area contributed by atoms with Crippen LogP contribution in [-0.4, -0.2) is 29.3 Å². The summed E-state index contributed by atoms with van der Waals surface area (Å²) >= 11 is 0. The van der Waals surface area contributed by atoms with Crippen LogP contribution >= 0.6 is 0 Å². The molecule has 0 aliphatic heterocycles. The highest BCUT2D eigenvalue weighted by Gasteiger charge is 2.14. The van der Waals surface area contributed by atoms with Crippen LogP contribution in [0.1, 0.15) is 26.3 Å². The quantitative estimate of drug-likeness (QED) is 0.662. The van der Waals surface area contributed by atoms with E-state index in [2.05, 4.69) is 15.0 Å². The third kappa shape index (κ3) is 3.52. The molecule has 0 radical (unpaired) electrons. The first-order valence-corrected chi connectivity index (χ1v) is 6.60. The van der Waals surface area contributed by atoms with Crippen LogP contribution in [0.25, 0.3) is 0 Å². The van der Waals surface area contributed by atoms with Crippen molar-refractivity contribution in [3.8, 4) is 5.75 Å². The number of ether oxygens (including phenoxy) is 1. The zero-order valence-corrected chi connectivity index (χ0v) is 12.5. The predicted molar refractivity (Wildman–Crippen MR) is 81.8 cm³/mol. The molecule has 2 aromatic rings. The van der Waals surface area contributed by atoms with Crippen molar-refractivity contribution in [1.29, 1.82) is 0 Å². The number of hydrogen-bond acceptors (Lipinski definition) is 6. The normalized spacial score (nSPS) is 10.7. The molecule has 0 saturated carbocycles. The van der Waals surface area contributed by atoms with Crippen LogP contribution in [0.3, 0.4) is 0 Å². The number of esters is 1. The molecular weight excluding hydrogens is 300 g/mol. The number of aromatic hydroxyl groups is 1. The number of azo groups is 1. The van der Waals surface area contributed by atoms with Crippen molar-refractivity contribution in [2.45, 2.75) is 6.92 Å². The monoisotopic (exact) mass is 314 g/mol. The number of phenols is 1. The number of aromatic carboxylic acids is 1. The van der Waals surface area contributed by atoms with Crippen molar-refractivity contribution < 1.29 is 24.5 Å². The Kier molecular flexibility index (Phi) is 4.70. The number of carboxylic acid groups (broad SMARTS) is 1. The topological polar surface area (TPSA) is 109 Å². The number of carbonyl (C=O) groups is 2. The molecule has 0 aromatic heterocycles. The zero-order chi connectivity index (χ0) is 17.0. The van der Waals surface area contributed by atoms with Crippen LogP contribution < -0.4 is 0 Å². The van der Waals surface area contributed by atoms with Gasteiger partial charge in [0.15, 0.2) is 0 Å². The fourth-order valence-electron chi connectivity index (χ4n) is 1.94. The van der Waals surface area contributed by atoms with E-state index in [9.17, 15) is 14.7 Å². The van der Waals surface area contributed by atoms with Gasteiger partial charge in [0.2, 0.25) is 0 Å². The van der Waals surface area contributed by atoms with E-state index in [4.69, 9.17) is 5.11 Å². The van der Waals surface area contributed by atoms with Crippen molar-refractivity contribution in [2.75, 3.05) is 7.11 Å². The van der Waals surface area contributed by atoms with Gasteiger partial charge in [-0.25, -0.2) is 9.59 Å². The second kappa shape index (κ2) is 6.69. The van der Waals surface area contributed by atoms with Crippen molar-refractivity contribution in [3.63, 3.8) is 0 Å². The highest BCUT2D eigenvalue weighted by Crippen LogP contribution is 2.29. The first-order valence-electron chi connectivity index (χ1n) is 6.60. The summed E-state index contributed by atoms with van der Waals surface area (Å²) in [7, 11) is 1.26. The van der Waals surface area contributed by atoms with Gasteiger partial charge >= 0.3 is 11.9 Å². The van der Waals surface area contributed by atoms with Gasteiger partial charge in [0.25, 0.3) is 0 Å². The first kappa shape index (κ1) is 16.2. The second-order valence-electron chi connectivity index (χ2n) is 4.67. The standard InChI is InChI=1S/C16H14N2O5/c1-9-7-10(8-12(14(9)19)15(20)21)17-18-13-6-4-3-5-11(13)16(22)23-2/h3-8,19H,1-2H3,(H,20,21). The number of aryl methyl sites for hydroxylation is 1. The van der Waals surface area contributed by atoms with Crippen LogP contribution in [0.15, 0.2) is 46.6 Å². The van der Waals surface area contributed by atoms with Crippen molar-refractivity contribution >= 4 is 23.3 Å². The van der Waals surface area contributed by atoms with Gasteiger partial charge in [0, 0.05) is 0 Å². The number of hydrogen-bond donors (Lipinski definition) is 2. The van der Waals surface area contributed by atoms with Gasteiger partial charge in [-0.2, -0.15) is 5.11 Å². The highest BCUT2D eigenvalue weighted by atomic mass is 16.5. The molecule has 0 aliphatic rings. The molecule has 0 fully saturated rings. The van der Waals surface area contributed by atoms with Crippen LogP contribution in [0.4, 0.5) is 11.4 Å². The zero-order valence-electron chi connectivity index (χ0n) is 12.5. The van der Waals surface area contributed by atoms with E-state index in [0.717, 1.165) is 0 Å². The smallest absolute Gasteiger partial charge is 0.340 e. The van der Waals surface area contributed by atoms with Crippen molar-refractivity contribution in [1.82, 2.24) is 0 Å². The Bertz CT molecular complexity index is 799. The van der Waals surface area contributed by atoms with Crippen LogP contribution in [-0.2, 0) is 4.74 Å². The lowest BCUT2D eigenvalue weighted by Crippen LogP contribution is -2.00. The minimum Gasteiger partial charge on any atom is -0.507 e. The summed E-state index contributed by atoms with van der Waals surface area (Å²) in [5, 5.41) is 26.7. The van der Waals surface area contributed by atoms with E-state index < -0.39 is 11.9 Å². The van der Waals surface area contributed by atoms with Gasteiger partial charge in [0.1, 0.15) is 17.0 Å². The molecule has 0 saturated heterocycles. The molecule has 0 heterocycles. The SMILES string of the molecule is COC(=O)c1ccccc1N=Nc1cc(C)c(O)c(C(=O)O)c1. The average molecular weight is 314 g/mol. The molecule has 2 N–H and O–H groups in total. The summed E-state index contributed by atoms with van der Waals surface area (Å²) in [5.41, 5.74) is 0.882. The van der Waals surface area contributed by atoms with E-state index in [1.165, 1.54) is 19.2 Å². The van der Waals surface area contributed by atoms with Gasteiger partial charge in [0.05, 0.1) is 18.4 Å². The maximum Gasteiger partial charge on any atom is 0.340 e. The number of nitrogens with zero attached hydrogens (tertiary/aromatic N) is 2. The van der Waals surface area contributed by atoms with E-state index in [1.807, 2.05) is 0 Å². The van der Waals surface area contributed by atoms with E-state index >= 15 is 0 Å². The summed E-state index contributed by atoms with van der Waals surface area (Å²) in [6.07, 6.45) is 0. The molecule has 0 atom stereocenters. The molecule has 7 heteroatoms. The summed E-state index contributed by atoms with van der Waals surface area (Å²) in [6, 6.07) is 9.18. The van der Waals surface area contributed by atoms with Crippen LogP contribution in [0.5, 0.6) is 5.75 Å². The minimum atomic E-state index is -1.27. The Morgan fingerprint density at radius 2 is 1.78 bits per heavy atom. The second-order valence-corrected chi connectivity index (χ2v) is 4.67. The number of benzene rings is 2. The molecule has 2 rings (SSSR count). The Balaban J connectivity index is 2.42. The van der Waals surface area contributed by atoms with Gasteiger partial charge in [-0.15, -0.1) is 5.11 Å². The largest absolute Gasteiger partial charge is 0.507 e. The van der Waals surface area contributed by atoms with Gasteiger partial charge < -0.3 is 14.9 Å². The lowest BCUT2D eigenvalue weighted by molar-refractivity contribution is 0.0600. The molecule has 0 spiro atoms. The lowest BCUT2D eigenvalue weighted by atomic mass is 10.1. The third-order valence-electron chi connectivity index (χ3n) is 3.10. The van der Waals surface area contributed by atoms with Gasteiger partial charge in [-0.05, 0) is 36.8 Å². The number of rotatable bonds is 4. The molecule has 0 amide bonds. The van der Waals surface area contributed by atoms with E-state index in [0.29, 0.717) is 11.3 Å². The lowest BCUT2D eigenvalue weighted by Gasteiger charge is -2.05. The Morgan fingerprint density at radius 1 is 1.09 bits per heavy atom. The summed E-state index contributed by atoms with van der Waals surface area (Å²) in [6.45, 7) is 1.56. The molecule has 118 valence electrons. The number of methoxy groups -OCH3 is 1. The summed E-state index contributed by atoms with van der Waals surface area (Å²) < 4.78 is 4.66. The van der Waals surface area contributed by atoms with E-state index in [1.54, 1.807) is 31.2 Å². The Labute approximate surface area is 131 Å². The number of carbonyl (C=O) groups excluding carboxylic acids is 1. The van der Waals surface area contributed by atoms with Gasteiger partial charge in [-0.3, -0.25) is 0 Å². The Morgan fingerprint density at radius 3 is 2.43 bits per heavy atom. The van der Waals surface area contributed by atoms with Crippen molar-refractivity contribution in [3.05, 3.63) is 53.1 Å². The molecule has 23 heavy (non-hydrogen) atoms. The maximum absolute atomic E-state index is 11.7. The first-order chi connectivity index (χ1) is 10.9. The molecule has 7 nitrogen and oxygen atoms in total. The van der Waals surface area contributed by atoms with E-state index in [-0.39, 0.29) is 22.6 Å². The number of carboxylic acids is 1. The molecule has 0 bridgehead atoms. The van der Waals surface area contributed by atoms with Crippen LogP contribution in [0, 0.1) is 6.92 Å². The molecular formula is C16H14N2O5. The fourth-order valence-corrected chi connectivity index (χ4v) is 1.94. The summed E-state index contributed by atoms with van der Waals surface area (Å²) in [4.78, 5) is 22.7. The fraction of sp³-hybridized carbons (Fsp3) is 0.125. The highest BCUT2D eigenvalue weighted by molar-refractivity contribution is 5.94. The van der Waals surface area contributed by atoms with Crippen LogP contribution in [0.2, 0.25) is 0 Å². The van der Waals surface area contributed by atoms with Gasteiger partial charge in [-0.1, -0.05) is 12.1 Å². The molecule has 0 unspecified atom stereocenters.